The predicted molar refractivity (Wildman–Crippen MR) is 74.6 cm³/mol. The van der Waals surface area contributed by atoms with Crippen LogP contribution in [0.3, 0.4) is 0 Å². The van der Waals surface area contributed by atoms with E-state index in [1.54, 1.807) is 19.1 Å². The maximum Gasteiger partial charge on any atom is 0.134 e. The second-order valence-corrected chi connectivity index (χ2v) is 5.16. The van der Waals surface area contributed by atoms with E-state index in [1.165, 1.54) is 0 Å². The van der Waals surface area contributed by atoms with E-state index >= 15 is 0 Å². The van der Waals surface area contributed by atoms with Crippen LogP contribution in [0.15, 0.2) is 66.7 Å². The summed E-state index contributed by atoms with van der Waals surface area (Å²) in [5, 5.41) is 21.4. The molecule has 0 aromatic heterocycles. The van der Waals surface area contributed by atoms with E-state index in [9.17, 15) is 10.2 Å². The Kier molecular flexibility index (Phi) is 2.59. The molecule has 1 aliphatic rings. The average Bonchev–Trinajstić information content (AvgIpc) is 2.45. The summed E-state index contributed by atoms with van der Waals surface area (Å²) in [4.78, 5) is 0. The van der Waals surface area contributed by atoms with E-state index in [0.717, 1.165) is 16.7 Å². The molecule has 3 rings (SSSR count). The highest BCUT2D eigenvalue weighted by molar-refractivity contribution is 5.51. The normalized spacial score (nSPS) is 29.0. The fourth-order valence-electron chi connectivity index (χ4n) is 2.66. The highest BCUT2D eigenvalue weighted by Crippen LogP contribution is 2.42. The largest absolute Gasteiger partial charge is 0.381 e. The van der Waals surface area contributed by atoms with Crippen molar-refractivity contribution >= 4 is 0 Å². The van der Waals surface area contributed by atoms with E-state index in [0.29, 0.717) is 0 Å². The van der Waals surface area contributed by atoms with E-state index in [4.69, 9.17) is 0 Å². The minimum absolute atomic E-state index is 0.730. The van der Waals surface area contributed by atoms with Crippen LogP contribution in [0.5, 0.6) is 0 Å². The molecule has 2 heteroatoms. The molecule has 0 saturated carbocycles. The van der Waals surface area contributed by atoms with E-state index in [-0.39, 0.29) is 0 Å². The first-order valence-electron chi connectivity index (χ1n) is 6.35. The molecule has 2 atom stereocenters. The van der Waals surface area contributed by atoms with Gasteiger partial charge in [-0.15, -0.1) is 0 Å². The Morgan fingerprint density at radius 1 is 0.737 bits per heavy atom. The molecule has 2 unspecified atom stereocenters. The van der Waals surface area contributed by atoms with Gasteiger partial charge in [-0.05, 0) is 35.8 Å². The van der Waals surface area contributed by atoms with Crippen LogP contribution in [-0.2, 0) is 11.2 Å². The molecule has 2 aromatic carbocycles. The molecule has 0 fully saturated rings. The minimum Gasteiger partial charge on any atom is -0.381 e. The Hall–Kier alpha value is -1.90. The first-order chi connectivity index (χ1) is 9.04. The number of hydrogen-bond acceptors (Lipinski definition) is 2. The number of rotatable bonds is 1. The SMILES string of the molecule is CC1(O)C=CC(O)(c2ccccc2)c2ccccc21. The minimum atomic E-state index is -1.18. The molecule has 0 amide bonds. The van der Waals surface area contributed by atoms with Gasteiger partial charge in [0.2, 0.25) is 0 Å². The molecular formula is C17H16O2. The molecule has 1 aliphatic carbocycles. The van der Waals surface area contributed by atoms with Gasteiger partial charge in [0.15, 0.2) is 0 Å². The monoisotopic (exact) mass is 252 g/mol. The lowest BCUT2D eigenvalue weighted by atomic mass is 9.74. The van der Waals surface area contributed by atoms with Crippen molar-refractivity contribution in [2.24, 2.45) is 0 Å². The maximum absolute atomic E-state index is 11.0. The van der Waals surface area contributed by atoms with Gasteiger partial charge in [0.25, 0.3) is 0 Å². The van der Waals surface area contributed by atoms with Crippen LogP contribution in [0.1, 0.15) is 23.6 Å². The quantitative estimate of drug-likeness (QED) is 0.766. The first kappa shape index (κ1) is 12.2. The highest BCUT2D eigenvalue weighted by atomic mass is 16.3. The Morgan fingerprint density at radius 3 is 2.00 bits per heavy atom. The van der Waals surface area contributed by atoms with E-state index in [1.807, 2.05) is 54.6 Å². The van der Waals surface area contributed by atoms with Crippen LogP contribution in [0.2, 0.25) is 0 Å². The van der Waals surface area contributed by atoms with Crippen molar-refractivity contribution in [2.75, 3.05) is 0 Å². The topological polar surface area (TPSA) is 40.5 Å². The van der Waals surface area contributed by atoms with Crippen molar-refractivity contribution in [1.29, 1.82) is 0 Å². The third-order valence-corrected chi connectivity index (χ3v) is 3.75. The summed E-state index contributed by atoms with van der Waals surface area (Å²) in [5.74, 6) is 0. The van der Waals surface area contributed by atoms with Crippen LogP contribution in [0.25, 0.3) is 0 Å². The zero-order valence-electron chi connectivity index (χ0n) is 10.7. The smallest absolute Gasteiger partial charge is 0.134 e. The van der Waals surface area contributed by atoms with Gasteiger partial charge in [0, 0.05) is 0 Å². The highest BCUT2D eigenvalue weighted by Gasteiger charge is 2.39. The fraction of sp³-hybridized carbons (Fsp3) is 0.176. The lowest BCUT2D eigenvalue weighted by Gasteiger charge is -2.36. The molecule has 2 N–H and O–H groups in total. The van der Waals surface area contributed by atoms with Crippen molar-refractivity contribution in [2.45, 2.75) is 18.1 Å². The van der Waals surface area contributed by atoms with Gasteiger partial charge >= 0.3 is 0 Å². The fourth-order valence-corrected chi connectivity index (χ4v) is 2.66. The Morgan fingerprint density at radius 2 is 1.32 bits per heavy atom. The molecule has 0 saturated heterocycles. The lowest BCUT2D eigenvalue weighted by Crippen LogP contribution is -2.35. The van der Waals surface area contributed by atoms with E-state index in [2.05, 4.69) is 0 Å². The molecule has 0 spiro atoms. The molecule has 19 heavy (non-hydrogen) atoms. The molecule has 0 heterocycles. The second kappa shape index (κ2) is 4.05. The summed E-state index contributed by atoms with van der Waals surface area (Å²) in [6, 6.07) is 17.0. The summed E-state index contributed by atoms with van der Waals surface area (Å²) >= 11 is 0. The van der Waals surface area contributed by atoms with Gasteiger partial charge in [-0.3, -0.25) is 0 Å². The third-order valence-electron chi connectivity index (χ3n) is 3.75. The number of fused-ring (bicyclic) bond motifs is 1. The van der Waals surface area contributed by atoms with Crippen LogP contribution < -0.4 is 0 Å². The number of hydrogen-bond donors (Lipinski definition) is 2. The summed E-state index contributed by atoms with van der Waals surface area (Å²) in [7, 11) is 0. The third kappa shape index (κ3) is 1.81. The van der Waals surface area contributed by atoms with E-state index < -0.39 is 11.2 Å². The van der Waals surface area contributed by atoms with Crippen LogP contribution in [-0.4, -0.2) is 10.2 Å². The molecule has 0 aliphatic heterocycles. The first-order valence-corrected chi connectivity index (χ1v) is 6.35. The van der Waals surface area contributed by atoms with Crippen LogP contribution >= 0.6 is 0 Å². The molecule has 0 bridgehead atoms. The standard InChI is InChI=1S/C17H16O2/c1-16(18)11-12-17(19,13-7-3-2-4-8-13)15-10-6-5-9-14(15)16/h2-12,18-19H,1H3. The number of benzene rings is 2. The number of aliphatic hydroxyl groups is 2. The van der Waals surface area contributed by atoms with Crippen molar-refractivity contribution in [3.63, 3.8) is 0 Å². The van der Waals surface area contributed by atoms with Crippen molar-refractivity contribution < 1.29 is 10.2 Å². The molecule has 2 nitrogen and oxygen atoms in total. The summed E-state index contributed by atoms with van der Waals surface area (Å²) in [6.07, 6.45) is 3.33. The summed E-state index contributed by atoms with van der Waals surface area (Å²) in [6.45, 7) is 1.73. The van der Waals surface area contributed by atoms with Gasteiger partial charge in [0.05, 0.1) is 0 Å². The van der Waals surface area contributed by atoms with Gasteiger partial charge in [0.1, 0.15) is 11.2 Å². The summed E-state index contributed by atoms with van der Waals surface area (Å²) < 4.78 is 0. The Labute approximate surface area is 112 Å². The van der Waals surface area contributed by atoms with Gasteiger partial charge in [-0.1, -0.05) is 54.6 Å². The Balaban J connectivity index is 2.25. The zero-order chi connectivity index (χ0) is 13.5. The van der Waals surface area contributed by atoms with Gasteiger partial charge in [-0.25, -0.2) is 0 Å². The maximum atomic E-state index is 11.0. The Bertz CT molecular complexity index is 629. The average molecular weight is 252 g/mol. The second-order valence-electron chi connectivity index (χ2n) is 5.16. The predicted octanol–water partition coefficient (Wildman–Crippen LogP) is 2.70. The molecule has 2 aromatic rings. The van der Waals surface area contributed by atoms with Crippen LogP contribution in [0, 0.1) is 0 Å². The van der Waals surface area contributed by atoms with Crippen LogP contribution in [0.4, 0.5) is 0 Å². The molecule has 0 radical (unpaired) electrons. The lowest BCUT2D eigenvalue weighted by molar-refractivity contribution is 0.0769. The molecule has 96 valence electrons. The van der Waals surface area contributed by atoms with Crippen molar-refractivity contribution in [3.05, 3.63) is 83.4 Å². The van der Waals surface area contributed by atoms with Crippen molar-refractivity contribution in [3.8, 4) is 0 Å². The molecular weight excluding hydrogens is 236 g/mol. The summed E-state index contributed by atoms with van der Waals surface area (Å²) in [5.41, 5.74) is 0.0456. The van der Waals surface area contributed by atoms with Gasteiger partial charge < -0.3 is 10.2 Å². The van der Waals surface area contributed by atoms with Gasteiger partial charge in [-0.2, -0.15) is 0 Å². The van der Waals surface area contributed by atoms with Crippen molar-refractivity contribution in [1.82, 2.24) is 0 Å². The zero-order valence-corrected chi connectivity index (χ0v) is 10.7.